The lowest BCUT2D eigenvalue weighted by atomic mass is 10.5. The van der Waals surface area contributed by atoms with Gasteiger partial charge in [0.25, 0.3) is 0 Å². The van der Waals surface area contributed by atoms with E-state index < -0.39 is 0 Å². The molecule has 1 saturated heterocycles. The Labute approximate surface area is 71.6 Å². The molecular formula is C8H20N2P+. The molecule has 66 valence electrons. The Bertz CT molecular complexity index is 140. The molecule has 0 amide bonds. The van der Waals surface area contributed by atoms with Crippen LogP contribution in [0, 0.1) is 0 Å². The first-order valence-corrected chi connectivity index (χ1v) is 5.91. The monoisotopic (exact) mass is 175 g/mol. The van der Waals surface area contributed by atoms with E-state index in [1.54, 1.807) is 0 Å². The summed E-state index contributed by atoms with van der Waals surface area (Å²) in [5.74, 6) is 0. The minimum Gasteiger partial charge on any atom is -0.286 e. The highest BCUT2D eigenvalue weighted by atomic mass is 31.2. The SMILES string of the molecule is CCCN(C)P1C[N+]1(C)CC. The van der Waals surface area contributed by atoms with Crippen LogP contribution < -0.4 is 0 Å². The molecule has 1 heterocycles. The molecule has 0 saturated carbocycles. The highest BCUT2D eigenvalue weighted by Crippen LogP contribution is 2.65. The molecule has 2 nitrogen and oxygen atoms in total. The second-order valence-electron chi connectivity index (χ2n) is 3.55. The summed E-state index contributed by atoms with van der Waals surface area (Å²) in [7, 11) is 4.85. The molecule has 1 rings (SSSR count). The second kappa shape index (κ2) is 3.38. The van der Waals surface area contributed by atoms with Crippen molar-refractivity contribution in [1.29, 1.82) is 0 Å². The molecular weight excluding hydrogens is 155 g/mol. The van der Waals surface area contributed by atoms with E-state index in [9.17, 15) is 0 Å². The molecule has 1 fully saturated rings. The Morgan fingerprint density at radius 3 is 2.45 bits per heavy atom. The summed E-state index contributed by atoms with van der Waals surface area (Å²) in [4.78, 5) is 0. The minimum absolute atomic E-state index is 0.208. The van der Waals surface area contributed by atoms with Crippen LogP contribution in [0.25, 0.3) is 0 Å². The number of nitrogens with zero attached hydrogens (tertiary/aromatic N) is 2. The van der Waals surface area contributed by atoms with Gasteiger partial charge in [0.2, 0.25) is 8.22 Å². The van der Waals surface area contributed by atoms with Gasteiger partial charge in [0.05, 0.1) is 13.6 Å². The zero-order chi connectivity index (χ0) is 8.48. The van der Waals surface area contributed by atoms with Crippen LogP contribution in [0.15, 0.2) is 0 Å². The van der Waals surface area contributed by atoms with Gasteiger partial charge in [0.15, 0.2) is 6.29 Å². The van der Waals surface area contributed by atoms with Crippen LogP contribution in [0.1, 0.15) is 20.3 Å². The van der Waals surface area contributed by atoms with Crippen molar-refractivity contribution in [2.45, 2.75) is 20.3 Å². The van der Waals surface area contributed by atoms with Crippen molar-refractivity contribution < 1.29 is 4.25 Å². The van der Waals surface area contributed by atoms with Crippen molar-refractivity contribution in [1.82, 2.24) is 4.67 Å². The Morgan fingerprint density at radius 2 is 2.09 bits per heavy atom. The average molecular weight is 175 g/mol. The van der Waals surface area contributed by atoms with E-state index in [0.29, 0.717) is 0 Å². The van der Waals surface area contributed by atoms with Crippen molar-refractivity contribution in [3.63, 3.8) is 0 Å². The van der Waals surface area contributed by atoms with Crippen molar-refractivity contribution >= 4 is 8.22 Å². The molecule has 0 aliphatic carbocycles. The Kier molecular flexibility index (Phi) is 2.90. The van der Waals surface area contributed by atoms with E-state index in [-0.39, 0.29) is 8.22 Å². The quantitative estimate of drug-likeness (QED) is 0.467. The van der Waals surface area contributed by atoms with Gasteiger partial charge in [-0.15, -0.1) is 0 Å². The van der Waals surface area contributed by atoms with Gasteiger partial charge in [-0.2, -0.15) is 0 Å². The van der Waals surface area contributed by atoms with Crippen LogP contribution >= 0.6 is 8.22 Å². The average Bonchev–Trinajstić information content (AvgIpc) is 2.65. The van der Waals surface area contributed by atoms with Crippen molar-refractivity contribution in [2.75, 3.05) is 33.5 Å². The Morgan fingerprint density at radius 1 is 1.45 bits per heavy atom. The lowest BCUT2D eigenvalue weighted by Gasteiger charge is -2.16. The molecule has 0 bridgehead atoms. The summed E-state index contributed by atoms with van der Waals surface area (Å²) in [6.45, 7) is 7.13. The zero-order valence-electron chi connectivity index (χ0n) is 8.17. The first kappa shape index (κ1) is 9.44. The van der Waals surface area contributed by atoms with Gasteiger partial charge < -0.3 is 0 Å². The fourth-order valence-corrected chi connectivity index (χ4v) is 3.99. The van der Waals surface area contributed by atoms with Gasteiger partial charge in [0, 0.05) is 6.54 Å². The third kappa shape index (κ3) is 1.93. The number of hydrogen-bond acceptors (Lipinski definition) is 1. The second-order valence-corrected chi connectivity index (χ2v) is 6.23. The van der Waals surface area contributed by atoms with Crippen molar-refractivity contribution in [2.24, 2.45) is 0 Å². The van der Waals surface area contributed by atoms with Gasteiger partial charge in [-0.3, -0.25) is 4.25 Å². The molecule has 2 atom stereocenters. The van der Waals surface area contributed by atoms with Crippen LogP contribution in [0.5, 0.6) is 0 Å². The third-order valence-electron chi connectivity index (χ3n) is 2.53. The van der Waals surface area contributed by atoms with Gasteiger partial charge >= 0.3 is 0 Å². The summed E-state index contributed by atoms with van der Waals surface area (Å²) in [6, 6.07) is 0. The van der Waals surface area contributed by atoms with E-state index >= 15 is 0 Å². The van der Waals surface area contributed by atoms with E-state index in [1.165, 1.54) is 30.0 Å². The number of quaternary nitrogens is 1. The highest BCUT2D eigenvalue weighted by molar-refractivity contribution is 7.54. The highest BCUT2D eigenvalue weighted by Gasteiger charge is 2.54. The van der Waals surface area contributed by atoms with Crippen molar-refractivity contribution in [3.8, 4) is 0 Å². The fraction of sp³-hybridized carbons (Fsp3) is 1.00. The standard InChI is InChI=1S/C8H20N2P/c1-5-7-9(3)11-8-10(11,4)6-2/h5-8H2,1-4H3/q+1. The van der Waals surface area contributed by atoms with Crippen LogP contribution in [0.2, 0.25) is 0 Å². The van der Waals surface area contributed by atoms with Gasteiger partial charge in [-0.1, -0.05) is 6.92 Å². The number of rotatable bonds is 4. The molecule has 1 aliphatic rings. The van der Waals surface area contributed by atoms with Crippen LogP contribution in [0.4, 0.5) is 0 Å². The predicted molar refractivity (Wildman–Crippen MR) is 51.4 cm³/mol. The van der Waals surface area contributed by atoms with Crippen LogP contribution in [-0.2, 0) is 0 Å². The lowest BCUT2D eigenvalue weighted by molar-refractivity contribution is -0.708. The molecule has 0 aromatic heterocycles. The van der Waals surface area contributed by atoms with E-state index in [4.69, 9.17) is 0 Å². The molecule has 3 heteroatoms. The molecule has 0 N–H and O–H groups in total. The van der Waals surface area contributed by atoms with E-state index in [0.717, 1.165) is 0 Å². The summed E-state index contributed by atoms with van der Waals surface area (Å²) in [5.41, 5.74) is 0. The maximum absolute atomic E-state index is 2.55. The molecule has 1 aliphatic heterocycles. The zero-order valence-corrected chi connectivity index (χ0v) is 9.06. The Balaban J connectivity index is 2.30. The summed E-state index contributed by atoms with van der Waals surface area (Å²) < 4.78 is 3.88. The molecule has 0 aromatic rings. The Hall–Kier alpha value is 0.350. The van der Waals surface area contributed by atoms with E-state index in [2.05, 4.69) is 32.6 Å². The summed E-state index contributed by atoms with van der Waals surface area (Å²) in [6.07, 6.45) is 2.71. The third-order valence-corrected chi connectivity index (χ3v) is 5.60. The largest absolute Gasteiger partial charge is 0.286 e. The molecule has 0 aromatic carbocycles. The molecule has 0 radical (unpaired) electrons. The van der Waals surface area contributed by atoms with Crippen LogP contribution in [-0.4, -0.2) is 42.4 Å². The van der Waals surface area contributed by atoms with Gasteiger partial charge in [-0.25, -0.2) is 4.67 Å². The van der Waals surface area contributed by atoms with Crippen molar-refractivity contribution in [3.05, 3.63) is 0 Å². The minimum atomic E-state index is 0.208. The smallest absolute Gasteiger partial charge is 0.243 e. The normalized spacial score (nSPS) is 36.3. The first-order valence-electron chi connectivity index (χ1n) is 4.47. The fourth-order valence-electron chi connectivity index (χ4n) is 1.42. The maximum atomic E-state index is 2.55. The lowest BCUT2D eigenvalue weighted by Crippen LogP contribution is -2.20. The van der Waals surface area contributed by atoms with E-state index in [1.807, 2.05) is 0 Å². The van der Waals surface area contributed by atoms with Gasteiger partial charge in [-0.05, 0) is 20.4 Å². The first-order chi connectivity index (χ1) is 5.14. The summed E-state index contributed by atoms with van der Waals surface area (Å²) >= 11 is 0. The summed E-state index contributed by atoms with van der Waals surface area (Å²) in [5, 5.41) is 0. The molecule has 2 unspecified atom stereocenters. The topological polar surface area (TPSA) is 3.24 Å². The van der Waals surface area contributed by atoms with Crippen LogP contribution in [0.3, 0.4) is 0 Å². The molecule has 11 heavy (non-hydrogen) atoms. The molecule has 0 spiro atoms. The number of hydrogen-bond donors (Lipinski definition) is 0. The maximum Gasteiger partial charge on any atom is 0.243 e. The van der Waals surface area contributed by atoms with Gasteiger partial charge in [0.1, 0.15) is 0 Å². The predicted octanol–water partition coefficient (Wildman–Crippen LogP) is 2.08.